The van der Waals surface area contributed by atoms with Crippen LogP contribution in [0.5, 0.6) is 0 Å². The Morgan fingerprint density at radius 1 is 1.22 bits per heavy atom. The highest BCUT2D eigenvalue weighted by molar-refractivity contribution is 8.26. The third kappa shape index (κ3) is 5.55. The maximum Gasteiger partial charge on any atom is 0.266 e. The van der Waals surface area contributed by atoms with E-state index >= 15 is 0 Å². The number of hydrogen-bond acceptors (Lipinski definition) is 5. The zero-order chi connectivity index (χ0) is 19.1. The first-order valence-electron chi connectivity index (χ1n) is 8.73. The molecule has 1 saturated heterocycles. The average molecular weight is 401 g/mol. The van der Waals surface area contributed by atoms with E-state index in [0.717, 1.165) is 6.42 Å². The van der Waals surface area contributed by atoms with Gasteiger partial charge in [-0.05, 0) is 30.5 Å². The van der Waals surface area contributed by atoms with Crippen molar-refractivity contribution in [1.82, 2.24) is 10.2 Å². The van der Waals surface area contributed by atoms with E-state index in [9.17, 15) is 9.59 Å². The second kappa shape index (κ2) is 9.53. The van der Waals surface area contributed by atoms with Crippen LogP contribution in [0.15, 0.2) is 58.1 Å². The number of thiocarbonyl (C=S) groups is 1. The van der Waals surface area contributed by atoms with Crippen LogP contribution in [0.3, 0.4) is 0 Å². The number of hydrogen-bond donors (Lipinski definition) is 1. The van der Waals surface area contributed by atoms with Gasteiger partial charge in [0.15, 0.2) is 0 Å². The zero-order valence-electron chi connectivity index (χ0n) is 14.7. The quantitative estimate of drug-likeness (QED) is 0.542. The summed E-state index contributed by atoms with van der Waals surface area (Å²) < 4.78 is 5.76. The lowest BCUT2D eigenvalue weighted by Gasteiger charge is -2.14. The number of amides is 2. The molecule has 27 heavy (non-hydrogen) atoms. The Morgan fingerprint density at radius 2 is 2.04 bits per heavy atom. The van der Waals surface area contributed by atoms with Gasteiger partial charge in [-0.1, -0.05) is 54.3 Å². The first kappa shape index (κ1) is 19.4. The lowest BCUT2D eigenvalue weighted by atomic mass is 10.1. The minimum absolute atomic E-state index is 0.0116. The molecule has 1 N–H and O–H groups in total. The van der Waals surface area contributed by atoms with E-state index in [0.29, 0.717) is 40.9 Å². The molecule has 5 nitrogen and oxygen atoms in total. The van der Waals surface area contributed by atoms with Crippen molar-refractivity contribution < 1.29 is 14.0 Å². The van der Waals surface area contributed by atoms with Crippen LogP contribution in [0, 0.1) is 0 Å². The summed E-state index contributed by atoms with van der Waals surface area (Å²) in [6.45, 7) is 1.04. The summed E-state index contributed by atoms with van der Waals surface area (Å²) in [5.41, 5.74) is 1.19. The molecule has 1 aliphatic heterocycles. The highest BCUT2D eigenvalue weighted by Crippen LogP contribution is 2.32. The van der Waals surface area contributed by atoms with Gasteiger partial charge in [0.05, 0.1) is 11.2 Å². The molecule has 0 aliphatic carbocycles. The highest BCUT2D eigenvalue weighted by atomic mass is 32.2. The summed E-state index contributed by atoms with van der Waals surface area (Å²) >= 11 is 6.55. The molecular formula is C20H20N2O3S2. The maximum absolute atomic E-state index is 12.5. The van der Waals surface area contributed by atoms with Crippen molar-refractivity contribution in [3.05, 3.63) is 65.0 Å². The smallest absolute Gasteiger partial charge is 0.266 e. The molecule has 2 amide bonds. The van der Waals surface area contributed by atoms with Crippen LogP contribution in [0.25, 0.3) is 6.08 Å². The fraction of sp³-hybridized carbons (Fsp3) is 0.250. The van der Waals surface area contributed by atoms with Gasteiger partial charge in [0.2, 0.25) is 5.91 Å². The van der Waals surface area contributed by atoms with Crippen molar-refractivity contribution >= 4 is 46.2 Å². The molecule has 7 heteroatoms. The Morgan fingerprint density at radius 3 is 2.78 bits per heavy atom. The van der Waals surface area contributed by atoms with Crippen molar-refractivity contribution in [2.24, 2.45) is 0 Å². The Labute approximate surface area is 167 Å². The Hall–Kier alpha value is -2.38. The summed E-state index contributed by atoms with van der Waals surface area (Å²) in [7, 11) is 0. The average Bonchev–Trinajstić information content (AvgIpc) is 3.26. The second-order valence-corrected chi connectivity index (χ2v) is 7.71. The van der Waals surface area contributed by atoms with Gasteiger partial charge in [-0.15, -0.1) is 0 Å². The van der Waals surface area contributed by atoms with Crippen molar-refractivity contribution in [3.8, 4) is 0 Å². The fourth-order valence-corrected chi connectivity index (χ4v) is 3.96. The number of carbonyl (C=O) groups excluding carboxylic acids is 2. The lowest BCUT2D eigenvalue weighted by molar-refractivity contribution is -0.123. The summed E-state index contributed by atoms with van der Waals surface area (Å²) in [5.74, 6) is 0.474. The first-order valence-corrected chi connectivity index (χ1v) is 9.95. The molecule has 3 rings (SSSR count). The van der Waals surface area contributed by atoms with Crippen molar-refractivity contribution in [2.45, 2.75) is 19.3 Å². The molecule has 140 valence electrons. The number of nitrogens with zero attached hydrogens (tertiary/aromatic N) is 1. The van der Waals surface area contributed by atoms with Crippen molar-refractivity contribution in [2.75, 3.05) is 13.1 Å². The van der Waals surface area contributed by atoms with Crippen LogP contribution >= 0.6 is 24.0 Å². The molecule has 0 radical (unpaired) electrons. The zero-order valence-corrected chi connectivity index (χ0v) is 16.4. The number of thioether (sulfide) groups is 1. The SMILES string of the molecule is O=C(CCCN1C(=O)C(=Cc2ccco2)SC1=S)NCCc1ccccc1. The first-order chi connectivity index (χ1) is 13.1. The van der Waals surface area contributed by atoms with E-state index < -0.39 is 0 Å². The third-order valence-electron chi connectivity index (χ3n) is 4.05. The van der Waals surface area contributed by atoms with Gasteiger partial charge in [0.25, 0.3) is 5.91 Å². The topological polar surface area (TPSA) is 62.6 Å². The van der Waals surface area contributed by atoms with Crippen molar-refractivity contribution in [3.63, 3.8) is 0 Å². The molecule has 1 aromatic carbocycles. The highest BCUT2D eigenvalue weighted by Gasteiger charge is 2.31. The Balaban J connectivity index is 1.40. The summed E-state index contributed by atoms with van der Waals surface area (Å²) in [5, 5.41) is 2.91. The number of nitrogens with one attached hydrogen (secondary N) is 1. The van der Waals surface area contributed by atoms with E-state index in [2.05, 4.69) is 5.32 Å². The van der Waals surface area contributed by atoms with E-state index in [4.69, 9.17) is 16.6 Å². The summed E-state index contributed by atoms with van der Waals surface area (Å²) in [6, 6.07) is 13.6. The van der Waals surface area contributed by atoms with Gasteiger partial charge in [-0.25, -0.2) is 0 Å². The molecule has 0 spiro atoms. The van der Waals surface area contributed by atoms with Crippen LogP contribution in [0.2, 0.25) is 0 Å². The van der Waals surface area contributed by atoms with Gasteiger partial charge in [-0.3, -0.25) is 14.5 Å². The molecule has 1 aliphatic rings. The van der Waals surface area contributed by atoms with Gasteiger partial charge in [0, 0.05) is 25.6 Å². The summed E-state index contributed by atoms with van der Waals surface area (Å²) in [4.78, 5) is 26.5. The predicted molar refractivity (Wildman–Crippen MR) is 111 cm³/mol. The van der Waals surface area contributed by atoms with E-state index in [1.165, 1.54) is 17.3 Å². The lowest BCUT2D eigenvalue weighted by Crippen LogP contribution is -2.31. The van der Waals surface area contributed by atoms with Crippen LogP contribution in [0.1, 0.15) is 24.2 Å². The molecule has 1 aromatic heterocycles. The molecule has 0 atom stereocenters. The van der Waals surface area contributed by atoms with Crippen molar-refractivity contribution in [1.29, 1.82) is 0 Å². The minimum Gasteiger partial charge on any atom is -0.465 e. The largest absolute Gasteiger partial charge is 0.465 e. The van der Waals surface area contributed by atoms with Gasteiger partial charge >= 0.3 is 0 Å². The molecule has 2 aromatic rings. The maximum atomic E-state index is 12.5. The van der Waals surface area contributed by atoms with E-state index in [1.54, 1.807) is 29.4 Å². The summed E-state index contributed by atoms with van der Waals surface area (Å²) in [6.07, 6.45) is 4.98. The van der Waals surface area contributed by atoms with Crippen LogP contribution in [-0.4, -0.2) is 34.1 Å². The number of benzene rings is 1. The molecule has 0 unspecified atom stereocenters. The van der Waals surface area contributed by atoms with E-state index in [1.807, 2.05) is 30.3 Å². The van der Waals surface area contributed by atoms with Crippen LogP contribution < -0.4 is 5.32 Å². The number of furan rings is 1. The van der Waals surface area contributed by atoms with Crippen LogP contribution in [0.4, 0.5) is 0 Å². The second-order valence-electron chi connectivity index (χ2n) is 6.04. The van der Waals surface area contributed by atoms with E-state index in [-0.39, 0.29) is 11.8 Å². The third-order valence-corrected chi connectivity index (χ3v) is 5.43. The van der Waals surface area contributed by atoms with Gasteiger partial charge in [0.1, 0.15) is 10.1 Å². The van der Waals surface area contributed by atoms with Gasteiger partial charge in [-0.2, -0.15) is 0 Å². The standard InChI is InChI=1S/C20H20N2O3S2/c23-18(21-11-10-15-6-2-1-3-7-15)9-4-12-22-19(24)17(27-20(22)26)14-16-8-5-13-25-16/h1-3,5-8,13-14H,4,9-12H2,(H,21,23). The fourth-order valence-electron chi connectivity index (χ4n) is 2.67. The normalized spacial score (nSPS) is 15.6. The Bertz CT molecular complexity index is 832. The molecule has 0 bridgehead atoms. The molecule has 0 saturated carbocycles. The molecule has 2 heterocycles. The number of carbonyl (C=O) groups is 2. The molecule has 1 fully saturated rings. The Kier molecular flexibility index (Phi) is 6.84. The number of rotatable bonds is 8. The predicted octanol–water partition coefficient (Wildman–Crippen LogP) is 3.62. The monoisotopic (exact) mass is 400 g/mol. The molecular weight excluding hydrogens is 380 g/mol. The van der Waals surface area contributed by atoms with Gasteiger partial charge < -0.3 is 9.73 Å². The van der Waals surface area contributed by atoms with Crippen LogP contribution in [-0.2, 0) is 16.0 Å². The minimum atomic E-state index is -0.133.